The number of nitrogens with one attached hydrogen (secondary N) is 1. The number of ether oxygens (including phenoxy) is 3. The van der Waals surface area contributed by atoms with Gasteiger partial charge in [0.15, 0.2) is 6.29 Å². The van der Waals surface area contributed by atoms with Crippen molar-refractivity contribution in [2.45, 2.75) is 320 Å². The van der Waals surface area contributed by atoms with Crippen LogP contribution in [0.5, 0.6) is 0 Å². The molecule has 11 nitrogen and oxygen atoms in total. The first-order valence-corrected chi connectivity index (χ1v) is 32.2. The number of allylic oxidation sites excluding steroid dienone is 11. The standard InChI is InChI=1S/C67H119NO10/c1-3-5-7-9-11-13-15-17-30-33-37-41-45-49-53-60(70)59(58-77-67-66(75)65(74)64(73)61(57-69)78-67)68-62(71)54-50-46-42-38-34-31-27-25-23-21-19-18-20-22-24-26-28-32-36-40-44-48-52-56-76-63(72)55-51-47-43-39-35-29-16-14-12-10-8-6-4-2/h8,10,14,16,18,20-21,23,33,37,49,53,59-61,64-67,69-70,73-75H,3-7,9,11-13,15,17,19,22,24-32,34-36,38-48,50-52,54-58H2,1-2H3,(H,68,71)/b10-8-,16-14-,20-18-,23-21-,37-33+,53-49+. The van der Waals surface area contributed by atoms with E-state index in [-0.39, 0.29) is 18.5 Å². The number of unbranched alkanes of at least 4 members (excludes halogenated alkanes) is 31. The Bertz CT molecular complexity index is 1520. The highest BCUT2D eigenvalue weighted by Gasteiger charge is 2.44. The molecule has 1 amide bonds. The van der Waals surface area contributed by atoms with E-state index in [0.717, 1.165) is 103 Å². The number of rotatable bonds is 55. The number of hydrogen-bond acceptors (Lipinski definition) is 10. The highest BCUT2D eigenvalue weighted by Crippen LogP contribution is 2.23. The second-order valence-electron chi connectivity index (χ2n) is 22.1. The fourth-order valence-corrected chi connectivity index (χ4v) is 9.64. The molecular formula is C67H119NO10. The first-order valence-electron chi connectivity index (χ1n) is 32.2. The summed E-state index contributed by atoms with van der Waals surface area (Å²) in [5.74, 6) is -0.225. The van der Waals surface area contributed by atoms with E-state index in [1.165, 1.54) is 148 Å². The van der Waals surface area contributed by atoms with Gasteiger partial charge in [0.2, 0.25) is 5.91 Å². The summed E-state index contributed by atoms with van der Waals surface area (Å²) >= 11 is 0. The second kappa shape index (κ2) is 56.0. The molecule has 0 aromatic heterocycles. The van der Waals surface area contributed by atoms with Crippen LogP contribution in [0.4, 0.5) is 0 Å². The van der Waals surface area contributed by atoms with Crippen molar-refractivity contribution in [3.05, 3.63) is 72.9 Å². The Balaban J connectivity index is 2.09. The van der Waals surface area contributed by atoms with E-state index in [4.69, 9.17) is 14.2 Å². The van der Waals surface area contributed by atoms with Gasteiger partial charge in [-0.15, -0.1) is 0 Å². The van der Waals surface area contributed by atoms with Crippen molar-refractivity contribution >= 4 is 11.9 Å². The van der Waals surface area contributed by atoms with E-state index in [1.807, 2.05) is 6.08 Å². The predicted octanol–water partition coefficient (Wildman–Crippen LogP) is 15.6. The summed E-state index contributed by atoms with van der Waals surface area (Å²) in [7, 11) is 0. The Labute approximate surface area is 477 Å². The summed E-state index contributed by atoms with van der Waals surface area (Å²) in [5, 5.41) is 54.4. The number of esters is 1. The average molecular weight is 1100 g/mol. The van der Waals surface area contributed by atoms with Gasteiger partial charge in [-0.05, 0) is 103 Å². The fraction of sp³-hybridized carbons (Fsp3) is 0.791. The molecule has 0 radical (unpaired) electrons. The minimum absolute atomic E-state index is 0.0213. The zero-order valence-corrected chi connectivity index (χ0v) is 49.9. The van der Waals surface area contributed by atoms with Crippen LogP contribution in [0, 0.1) is 0 Å². The molecule has 11 heteroatoms. The van der Waals surface area contributed by atoms with Gasteiger partial charge < -0.3 is 45.1 Å². The molecule has 1 fully saturated rings. The monoisotopic (exact) mass is 1100 g/mol. The van der Waals surface area contributed by atoms with Crippen LogP contribution in [0.2, 0.25) is 0 Å². The first kappa shape index (κ1) is 73.1. The largest absolute Gasteiger partial charge is 0.466 e. The number of carbonyl (C=O) groups excluding carboxylic acids is 2. The minimum Gasteiger partial charge on any atom is -0.466 e. The third kappa shape index (κ3) is 44.8. The highest BCUT2D eigenvalue weighted by molar-refractivity contribution is 5.76. The molecule has 1 heterocycles. The van der Waals surface area contributed by atoms with Crippen LogP contribution in [0.15, 0.2) is 72.9 Å². The number of amides is 1. The van der Waals surface area contributed by atoms with Gasteiger partial charge in [-0.2, -0.15) is 0 Å². The molecule has 6 N–H and O–H groups in total. The molecule has 0 aromatic rings. The lowest BCUT2D eigenvalue weighted by Gasteiger charge is -2.40. The van der Waals surface area contributed by atoms with Gasteiger partial charge in [0, 0.05) is 12.8 Å². The van der Waals surface area contributed by atoms with Crippen molar-refractivity contribution in [2.75, 3.05) is 19.8 Å². The lowest BCUT2D eigenvalue weighted by molar-refractivity contribution is -0.302. The summed E-state index contributed by atoms with van der Waals surface area (Å²) in [6.07, 6.45) is 64.3. The van der Waals surface area contributed by atoms with Gasteiger partial charge in [0.25, 0.3) is 0 Å². The van der Waals surface area contributed by atoms with Gasteiger partial charge in [-0.1, -0.05) is 234 Å². The quantitative estimate of drug-likeness (QED) is 0.0195. The minimum atomic E-state index is -1.58. The normalized spacial score (nSPS) is 19.0. The SMILES string of the molecule is CCC/C=C\C/C=C\CCCCCCCC(=O)OCCCCCCCCCCC/C=C\C/C=C\CCCCCCCCCC(=O)NC(COC1OC(CO)C(O)C(O)C1O)C(O)/C=C/CC/C=C/CCCCCCCCCC. The van der Waals surface area contributed by atoms with E-state index in [9.17, 15) is 35.1 Å². The van der Waals surface area contributed by atoms with Gasteiger partial charge in [-0.25, -0.2) is 0 Å². The van der Waals surface area contributed by atoms with Gasteiger partial charge in [0.05, 0.1) is 32.0 Å². The number of carbonyl (C=O) groups is 2. The number of aliphatic hydroxyl groups excluding tert-OH is 5. The van der Waals surface area contributed by atoms with Gasteiger partial charge in [-0.3, -0.25) is 9.59 Å². The fourth-order valence-electron chi connectivity index (χ4n) is 9.64. The Morgan fingerprint density at radius 2 is 0.897 bits per heavy atom. The summed E-state index contributed by atoms with van der Waals surface area (Å²) < 4.78 is 16.7. The Hall–Kier alpha value is -2.90. The smallest absolute Gasteiger partial charge is 0.305 e. The van der Waals surface area contributed by atoms with E-state index in [0.29, 0.717) is 19.4 Å². The summed E-state index contributed by atoms with van der Waals surface area (Å²) in [5.41, 5.74) is 0. The van der Waals surface area contributed by atoms with Crippen molar-refractivity contribution in [3.63, 3.8) is 0 Å². The van der Waals surface area contributed by atoms with Crippen LogP contribution >= 0.6 is 0 Å². The number of aliphatic hydroxyl groups is 5. The summed E-state index contributed by atoms with van der Waals surface area (Å²) in [6.45, 7) is 4.24. The molecule has 78 heavy (non-hydrogen) atoms. The van der Waals surface area contributed by atoms with Gasteiger partial charge in [0.1, 0.15) is 24.4 Å². The van der Waals surface area contributed by atoms with Crippen molar-refractivity contribution in [2.24, 2.45) is 0 Å². The average Bonchev–Trinajstić information content (AvgIpc) is 3.44. The van der Waals surface area contributed by atoms with Crippen LogP contribution in [-0.2, 0) is 23.8 Å². The molecular weight excluding hydrogens is 979 g/mol. The Morgan fingerprint density at radius 3 is 1.40 bits per heavy atom. The van der Waals surface area contributed by atoms with Crippen LogP contribution in [0.1, 0.15) is 277 Å². The number of hydrogen-bond donors (Lipinski definition) is 6. The van der Waals surface area contributed by atoms with Crippen molar-refractivity contribution < 1.29 is 49.3 Å². The molecule has 1 aliphatic heterocycles. The molecule has 0 bridgehead atoms. The van der Waals surface area contributed by atoms with Crippen molar-refractivity contribution in [1.29, 1.82) is 0 Å². The van der Waals surface area contributed by atoms with E-state index in [2.05, 4.69) is 79.9 Å². The molecule has 0 spiro atoms. The third-order valence-corrected chi connectivity index (χ3v) is 14.7. The Kier molecular flexibility index (Phi) is 52.5. The summed E-state index contributed by atoms with van der Waals surface area (Å²) in [4.78, 5) is 25.1. The van der Waals surface area contributed by atoms with Crippen LogP contribution in [-0.4, -0.2) is 100 Å². The topological polar surface area (TPSA) is 175 Å². The lowest BCUT2D eigenvalue weighted by atomic mass is 9.99. The van der Waals surface area contributed by atoms with Crippen molar-refractivity contribution in [1.82, 2.24) is 5.32 Å². The molecule has 0 aromatic carbocycles. The second-order valence-corrected chi connectivity index (χ2v) is 22.1. The predicted molar refractivity (Wildman–Crippen MR) is 324 cm³/mol. The molecule has 1 aliphatic rings. The van der Waals surface area contributed by atoms with Crippen molar-refractivity contribution in [3.8, 4) is 0 Å². The molecule has 7 atom stereocenters. The first-order chi connectivity index (χ1) is 38.2. The zero-order valence-electron chi connectivity index (χ0n) is 49.9. The maximum absolute atomic E-state index is 13.0. The van der Waals surface area contributed by atoms with E-state index < -0.39 is 49.5 Å². The maximum atomic E-state index is 13.0. The van der Waals surface area contributed by atoms with Crippen LogP contribution < -0.4 is 5.32 Å². The molecule has 1 saturated heterocycles. The van der Waals surface area contributed by atoms with Gasteiger partial charge >= 0.3 is 5.97 Å². The maximum Gasteiger partial charge on any atom is 0.305 e. The molecule has 452 valence electrons. The third-order valence-electron chi connectivity index (χ3n) is 14.7. The van der Waals surface area contributed by atoms with Crippen LogP contribution in [0.3, 0.4) is 0 Å². The van der Waals surface area contributed by atoms with Crippen LogP contribution in [0.25, 0.3) is 0 Å². The lowest BCUT2D eigenvalue weighted by Crippen LogP contribution is -2.60. The molecule has 1 rings (SSSR count). The Morgan fingerprint density at radius 1 is 0.474 bits per heavy atom. The van der Waals surface area contributed by atoms with E-state index in [1.54, 1.807) is 6.08 Å². The zero-order chi connectivity index (χ0) is 56.6. The van der Waals surface area contributed by atoms with E-state index >= 15 is 0 Å². The molecule has 0 aliphatic carbocycles. The summed E-state index contributed by atoms with van der Waals surface area (Å²) in [6, 6.07) is -0.837. The molecule has 7 unspecified atom stereocenters. The molecule has 0 saturated carbocycles. The highest BCUT2D eigenvalue weighted by atomic mass is 16.7.